The second-order valence-corrected chi connectivity index (χ2v) is 7.79. The number of nitrogens with zero attached hydrogens (tertiary/aromatic N) is 3. The van der Waals surface area contributed by atoms with Crippen LogP contribution in [0.15, 0.2) is 48.5 Å². The van der Waals surface area contributed by atoms with Crippen molar-refractivity contribution in [2.24, 2.45) is 0 Å². The lowest BCUT2D eigenvalue weighted by atomic mass is 10.1. The lowest BCUT2D eigenvalue weighted by Gasteiger charge is -2.12. The monoisotopic (exact) mass is 501 g/mol. The van der Waals surface area contributed by atoms with Gasteiger partial charge in [-0.15, -0.1) is 0 Å². The van der Waals surface area contributed by atoms with Crippen LogP contribution in [0, 0.1) is 0 Å². The van der Waals surface area contributed by atoms with Crippen LogP contribution < -0.4 is 26.0 Å². The Hall–Kier alpha value is -4.42. The molecule has 4 aliphatic rings. The van der Waals surface area contributed by atoms with Gasteiger partial charge < -0.3 is 26.0 Å². The second-order valence-electron chi connectivity index (χ2n) is 7.79. The Bertz CT molecular complexity index is 1220. The lowest BCUT2D eigenvalue weighted by Crippen LogP contribution is -2.29. The number of alkyl halides is 3. The zero-order chi connectivity index (χ0) is 25.5. The molecule has 13 heteroatoms. The summed E-state index contributed by atoms with van der Waals surface area (Å²) in [6.45, 7) is -0.572. The van der Waals surface area contributed by atoms with Crippen molar-refractivity contribution in [1.82, 2.24) is 25.6 Å². The Balaban J connectivity index is 1.61. The lowest BCUT2D eigenvalue weighted by molar-refractivity contribution is -0.154. The van der Waals surface area contributed by atoms with Gasteiger partial charge in [0.1, 0.15) is 0 Å². The van der Waals surface area contributed by atoms with Crippen molar-refractivity contribution >= 4 is 29.4 Å². The Morgan fingerprint density at radius 2 is 1.36 bits per heavy atom. The first-order valence-corrected chi connectivity index (χ1v) is 11.0. The second kappa shape index (κ2) is 10.9. The van der Waals surface area contributed by atoms with E-state index in [0.717, 1.165) is 5.56 Å². The minimum absolute atomic E-state index is 0.0200. The van der Waals surface area contributed by atoms with Crippen LogP contribution in [0.2, 0.25) is 0 Å². The predicted octanol–water partition coefficient (Wildman–Crippen LogP) is 3.03. The number of hydrogen-bond donors (Lipinski definition) is 4. The van der Waals surface area contributed by atoms with Gasteiger partial charge in [-0.3, -0.25) is 9.59 Å². The molecule has 7 rings (SSSR count). The van der Waals surface area contributed by atoms with Crippen LogP contribution in [0.25, 0.3) is 0 Å². The summed E-state index contributed by atoms with van der Waals surface area (Å²) in [6.07, 6.45) is -4.02. The molecule has 0 spiro atoms. The smallest absolute Gasteiger partial charge is 0.422 e. The average molecular weight is 501 g/mol. The van der Waals surface area contributed by atoms with Gasteiger partial charge in [-0.2, -0.15) is 28.1 Å². The molecule has 0 unspecified atom stereocenters. The zero-order valence-electron chi connectivity index (χ0n) is 18.9. The van der Waals surface area contributed by atoms with E-state index in [0.29, 0.717) is 36.3 Å². The molecule has 188 valence electrons. The third-order valence-corrected chi connectivity index (χ3v) is 4.97. The standard InChI is InChI=1S/C23H22F3N7O3/c24-23(25,26)13-36-22-32-20-29-12-14-2-4-15(5-3-14)18(34)27-10-1-11-28-19(35)16-6-8-17(9-7-16)30-21(31-20)33-22/h2-9H,1,10-13H2,(H,27,34)(H,28,35)(H2,29,30,31,32,33). The number of ether oxygens (including phenoxy) is 1. The molecule has 4 aliphatic heterocycles. The van der Waals surface area contributed by atoms with Crippen LogP contribution in [0.5, 0.6) is 6.01 Å². The fourth-order valence-corrected chi connectivity index (χ4v) is 3.19. The van der Waals surface area contributed by atoms with Crippen LogP contribution in [-0.2, 0) is 6.54 Å². The van der Waals surface area contributed by atoms with Crippen LogP contribution in [0.3, 0.4) is 0 Å². The highest BCUT2D eigenvalue weighted by Gasteiger charge is 2.29. The molecule has 0 aliphatic carbocycles. The molecule has 6 bridgehead atoms. The number of benzene rings is 2. The summed E-state index contributed by atoms with van der Waals surface area (Å²) in [6, 6.07) is 12.6. The third kappa shape index (κ3) is 7.04. The minimum atomic E-state index is -4.57. The first-order chi connectivity index (χ1) is 17.2. The number of nitrogens with one attached hydrogen (secondary N) is 4. The molecule has 10 nitrogen and oxygen atoms in total. The Kier molecular flexibility index (Phi) is 7.47. The quantitative estimate of drug-likeness (QED) is 0.422. The Morgan fingerprint density at radius 3 is 1.97 bits per heavy atom. The van der Waals surface area contributed by atoms with Crippen molar-refractivity contribution in [2.75, 3.05) is 30.3 Å². The van der Waals surface area contributed by atoms with E-state index in [1.165, 1.54) is 0 Å². The van der Waals surface area contributed by atoms with E-state index in [9.17, 15) is 22.8 Å². The summed E-state index contributed by atoms with van der Waals surface area (Å²) in [5.41, 5.74) is 2.14. The van der Waals surface area contributed by atoms with Gasteiger partial charge in [0.2, 0.25) is 11.9 Å². The molecule has 0 saturated heterocycles. The Labute approximate surface area is 203 Å². The first kappa shape index (κ1) is 24.7. The number of carbonyl (C=O) groups is 2. The normalized spacial score (nSPS) is 14.6. The number of halogens is 3. The molecule has 0 atom stereocenters. The molecule has 0 fully saturated rings. The molecule has 4 N–H and O–H groups in total. The van der Waals surface area contributed by atoms with Crippen molar-refractivity contribution in [3.8, 4) is 6.01 Å². The van der Waals surface area contributed by atoms with Crippen molar-refractivity contribution in [3.05, 3.63) is 65.2 Å². The van der Waals surface area contributed by atoms with Gasteiger partial charge in [-0.25, -0.2) is 0 Å². The SMILES string of the molecule is O=C1NCCCNC(=O)c2ccc(cc2)Nc2nc(nc(OCC(F)(F)F)n2)NCc2ccc1cc2. The van der Waals surface area contributed by atoms with Crippen molar-refractivity contribution in [3.63, 3.8) is 0 Å². The summed E-state index contributed by atoms with van der Waals surface area (Å²) in [5.74, 6) is -0.612. The molecule has 3 aromatic rings. The maximum atomic E-state index is 12.6. The van der Waals surface area contributed by atoms with Gasteiger partial charge in [0.15, 0.2) is 6.61 Å². The first-order valence-electron chi connectivity index (χ1n) is 11.0. The third-order valence-electron chi connectivity index (χ3n) is 4.97. The minimum Gasteiger partial charge on any atom is -0.454 e. The summed E-state index contributed by atoms with van der Waals surface area (Å²) < 4.78 is 42.7. The van der Waals surface area contributed by atoms with Crippen LogP contribution >= 0.6 is 0 Å². The van der Waals surface area contributed by atoms with E-state index in [1.807, 2.05) is 0 Å². The predicted molar refractivity (Wildman–Crippen MR) is 124 cm³/mol. The van der Waals surface area contributed by atoms with Crippen molar-refractivity contribution in [1.29, 1.82) is 0 Å². The van der Waals surface area contributed by atoms with Gasteiger partial charge in [-0.1, -0.05) is 12.1 Å². The number of hydrogen-bond acceptors (Lipinski definition) is 8. The summed E-state index contributed by atoms with van der Waals surface area (Å²) in [5, 5.41) is 11.4. The molecule has 1 aromatic heterocycles. The molecule has 2 aromatic carbocycles. The van der Waals surface area contributed by atoms with E-state index < -0.39 is 18.8 Å². The van der Waals surface area contributed by atoms with E-state index in [1.54, 1.807) is 48.5 Å². The number of aromatic nitrogens is 3. The van der Waals surface area contributed by atoms with Crippen LogP contribution in [-0.4, -0.2) is 52.6 Å². The fraction of sp³-hybridized carbons (Fsp3) is 0.261. The van der Waals surface area contributed by atoms with Gasteiger partial charge in [0.25, 0.3) is 11.8 Å². The summed E-state index contributed by atoms with van der Waals surface area (Å²) in [7, 11) is 0. The largest absolute Gasteiger partial charge is 0.454 e. The molecule has 5 heterocycles. The van der Waals surface area contributed by atoms with Crippen LogP contribution in [0.4, 0.5) is 30.8 Å². The highest BCUT2D eigenvalue weighted by Crippen LogP contribution is 2.20. The number of rotatable bonds is 2. The number of amides is 2. The molecular weight excluding hydrogens is 479 g/mol. The van der Waals surface area contributed by atoms with Gasteiger partial charge in [0, 0.05) is 36.4 Å². The van der Waals surface area contributed by atoms with Gasteiger partial charge >= 0.3 is 12.2 Å². The topological polar surface area (TPSA) is 130 Å². The molecule has 0 radical (unpaired) electrons. The maximum Gasteiger partial charge on any atom is 0.422 e. The average Bonchev–Trinajstić information content (AvgIpc) is 2.85. The van der Waals surface area contributed by atoms with Gasteiger partial charge in [0.05, 0.1) is 0 Å². The molecule has 36 heavy (non-hydrogen) atoms. The van der Waals surface area contributed by atoms with E-state index in [2.05, 4.69) is 36.2 Å². The highest BCUT2D eigenvalue weighted by atomic mass is 19.4. The number of carbonyl (C=O) groups excluding carboxylic acids is 2. The van der Waals surface area contributed by atoms with E-state index >= 15 is 0 Å². The van der Waals surface area contributed by atoms with Gasteiger partial charge in [-0.05, 0) is 48.4 Å². The van der Waals surface area contributed by atoms with E-state index in [-0.39, 0.29) is 30.3 Å². The fourth-order valence-electron chi connectivity index (χ4n) is 3.19. The maximum absolute atomic E-state index is 12.6. The highest BCUT2D eigenvalue weighted by molar-refractivity contribution is 5.95. The summed E-state index contributed by atoms with van der Waals surface area (Å²) in [4.78, 5) is 36.7. The molecule has 2 amide bonds. The summed E-state index contributed by atoms with van der Waals surface area (Å²) >= 11 is 0. The van der Waals surface area contributed by atoms with Crippen molar-refractivity contribution in [2.45, 2.75) is 19.1 Å². The van der Waals surface area contributed by atoms with Crippen LogP contribution in [0.1, 0.15) is 32.7 Å². The van der Waals surface area contributed by atoms with E-state index in [4.69, 9.17) is 4.74 Å². The van der Waals surface area contributed by atoms with Crippen molar-refractivity contribution < 1.29 is 27.5 Å². The number of anilines is 3. The zero-order valence-corrected chi connectivity index (χ0v) is 18.9. The molecular formula is C23H22F3N7O3. The Morgan fingerprint density at radius 1 is 0.778 bits per heavy atom. The molecule has 0 saturated carbocycles.